The SMILES string of the molecule is CCNCC1(CN(C)C2CCC2)CCCCC1. The molecular formula is C15H30N2. The predicted molar refractivity (Wildman–Crippen MR) is 74.3 cm³/mol. The zero-order chi connectivity index (χ0) is 12.1. The average Bonchev–Trinajstić information content (AvgIpc) is 2.25. The highest BCUT2D eigenvalue weighted by molar-refractivity contribution is 4.90. The zero-order valence-corrected chi connectivity index (χ0v) is 11.8. The molecule has 2 fully saturated rings. The first-order chi connectivity index (χ1) is 8.26. The van der Waals surface area contributed by atoms with Crippen LogP contribution in [-0.2, 0) is 0 Å². The molecule has 2 aliphatic rings. The first-order valence-electron chi connectivity index (χ1n) is 7.67. The van der Waals surface area contributed by atoms with Crippen molar-refractivity contribution < 1.29 is 0 Å². The van der Waals surface area contributed by atoms with Gasteiger partial charge in [-0.25, -0.2) is 0 Å². The van der Waals surface area contributed by atoms with Gasteiger partial charge in [0.05, 0.1) is 0 Å². The van der Waals surface area contributed by atoms with Crippen LogP contribution in [0.2, 0.25) is 0 Å². The molecule has 2 heteroatoms. The molecule has 0 atom stereocenters. The fraction of sp³-hybridized carbons (Fsp3) is 1.00. The van der Waals surface area contributed by atoms with Crippen molar-refractivity contribution in [2.75, 3.05) is 26.7 Å². The lowest BCUT2D eigenvalue weighted by Crippen LogP contribution is -2.48. The molecule has 17 heavy (non-hydrogen) atoms. The molecular weight excluding hydrogens is 208 g/mol. The van der Waals surface area contributed by atoms with E-state index in [9.17, 15) is 0 Å². The summed E-state index contributed by atoms with van der Waals surface area (Å²) in [6.07, 6.45) is 11.6. The van der Waals surface area contributed by atoms with E-state index in [0.717, 1.165) is 12.6 Å². The van der Waals surface area contributed by atoms with Crippen LogP contribution in [0.5, 0.6) is 0 Å². The van der Waals surface area contributed by atoms with Gasteiger partial charge in [0, 0.05) is 19.1 Å². The van der Waals surface area contributed by atoms with Gasteiger partial charge in [-0.3, -0.25) is 0 Å². The monoisotopic (exact) mass is 238 g/mol. The molecule has 2 saturated carbocycles. The minimum absolute atomic E-state index is 0.582. The number of hydrogen-bond donors (Lipinski definition) is 1. The average molecular weight is 238 g/mol. The summed E-state index contributed by atoms with van der Waals surface area (Å²) in [5, 5.41) is 3.61. The molecule has 0 saturated heterocycles. The molecule has 0 unspecified atom stereocenters. The lowest BCUT2D eigenvalue weighted by Gasteiger charge is -2.44. The van der Waals surface area contributed by atoms with E-state index >= 15 is 0 Å². The molecule has 0 bridgehead atoms. The maximum absolute atomic E-state index is 3.61. The summed E-state index contributed by atoms with van der Waals surface area (Å²) in [5.41, 5.74) is 0.582. The lowest BCUT2D eigenvalue weighted by molar-refractivity contribution is 0.0663. The van der Waals surface area contributed by atoms with Crippen LogP contribution in [0.15, 0.2) is 0 Å². The van der Waals surface area contributed by atoms with Gasteiger partial charge in [0.15, 0.2) is 0 Å². The van der Waals surface area contributed by atoms with Gasteiger partial charge in [-0.05, 0) is 44.7 Å². The van der Waals surface area contributed by atoms with Crippen LogP contribution in [-0.4, -0.2) is 37.6 Å². The Morgan fingerprint density at radius 1 is 1.12 bits per heavy atom. The second kappa shape index (κ2) is 6.19. The first-order valence-corrected chi connectivity index (χ1v) is 7.67. The van der Waals surface area contributed by atoms with E-state index in [1.54, 1.807) is 0 Å². The lowest BCUT2D eigenvalue weighted by atomic mass is 9.73. The second-order valence-corrected chi connectivity index (χ2v) is 6.34. The van der Waals surface area contributed by atoms with Gasteiger partial charge < -0.3 is 10.2 Å². The number of nitrogens with one attached hydrogen (secondary N) is 1. The topological polar surface area (TPSA) is 15.3 Å². The van der Waals surface area contributed by atoms with Gasteiger partial charge in [0.1, 0.15) is 0 Å². The molecule has 0 aromatic rings. The highest BCUT2D eigenvalue weighted by atomic mass is 15.1. The van der Waals surface area contributed by atoms with Crippen LogP contribution in [0.3, 0.4) is 0 Å². The molecule has 0 aromatic carbocycles. The Balaban J connectivity index is 1.88. The van der Waals surface area contributed by atoms with E-state index in [2.05, 4.69) is 24.2 Å². The van der Waals surface area contributed by atoms with Crippen molar-refractivity contribution >= 4 is 0 Å². The summed E-state index contributed by atoms with van der Waals surface area (Å²) in [6, 6.07) is 0.899. The van der Waals surface area contributed by atoms with Gasteiger partial charge >= 0.3 is 0 Å². The predicted octanol–water partition coefficient (Wildman–Crippen LogP) is 3.03. The van der Waals surface area contributed by atoms with Crippen molar-refractivity contribution in [1.82, 2.24) is 10.2 Å². The van der Waals surface area contributed by atoms with E-state index in [1.165, 1.54) is 64.5 Å². The van der Waals surface area contributed by atoms with E-state index in [1.807, 2.05) is 0 Å². The Bertz CT molecular complexity index is 217. The van der Waals surface area contributed by atoms with Crippen LogP contribution in [0.1, 0.15) is 58.3 Å². The van der Waals surface area contributed by atoms with Crippen molar-refractivity contribution in [2.45, 2.75) is 64.3 Å². The van der Waals surface area contributed by atoms with E-state index < -0.39 is 0 Å². The molecule has 0 radical (unpaired) electrons. The zero-order valence-electron chi connectivity index (χ0n) is 11.8. The fourth-order valence-electron chi connectivity index (χ4n) is 3.57. The Kier molecular flexibility index (Phi) is 4.87. The van der Waals surface area contributed by atoms with Crippen molar-refractivity contribution in [3.63, 3.8) is 0 Å². The highest BCUT2D eigenvalue weighted by Crippen LogP contribution is 2.38. The Labute approximate surface area is 107 Å². The summed E-state index contributed by atoms with van der Waals surface area (Å²) in [5.74, 6) is 0. The molecule has 2 nitrogen and oxygen atoms in total. The maximum Gasteiger partial charge on any atom is 0.00924 e. The summed E-state index contributed by atoms with van der Waals surface area (Å²) in [6.45, 7) is 5.91. The third-order valence-corrected chi connectivity index (χ3v) is 4.95. The molecule has 0 amide bonds. The van der Waals surface area contributed by atoms with Gasteiger partial charge in [-0.2, -0.15) is 0 Å². The number of nitrogens with zero attached hydrogens (tertiary/aromatic N) is 1. The smallest absolute Gasteiger partial charge is 0.00924 e. The van der Waals surface area contributed by atoms with Crippen molar-refractivity contribution in [1.29, 1.82) is 0 Å². The quantitative estimate of drug-likeness (QED) is 0.765. The van der Waals surface area contributed by atoms with Crippen LogP contribution in [0.25, 0.3) is 0 Å². The van der Waals surface area contributed by atoms with Crippen molar-refractivity contribution in [3.8, 4) is 0 Å². The highest BCUT2D eigenvalue weighted by Gasteiger charge is 2.35. The Morgan fingerprint density at radius 3 is 2.35 bits per heavy atom. The van der Waals surface area contributed by atoms with Crippen LogP contribution in [0.4, 0.5) is 0 Å². The molecule has 1 N–H and O–H groups in total. The summed E-state index contributed by atoms with van der Waals surface area (Å²) in [7, 11) is 2.35. The minimum atomic E-state index is 0.582. The minimum Gasteiger partial charge on any atom is -0.316 e. The Morgan fingerprint density at radius 2 is 1.82 bits per heavy atom. The van der Waals surface area contributed by atoms with Crippen LogP contribution in [0, 0.1) is 5.41 Å². The standard InChI is InChI=1S/C15H30N2/c1-3-16-12-15(10-5-4-6-11-15)13-17(2)14-8-7-9-14/h14,16H,3-13H2,1-2H3. The molecule has 0 aliphatic heterocycles. The van der Waals surface area contributed by atoms with Gasteiger partial charge in [-0.15, -0.1) is 0 Å². The molecule has 0 heterocycles. The third-order valence-electron chi connectivity index (χ3n) is 4.95. The van der Waals surface area contributed by atoms with Gasteiger partial charge in [0.25, 0.3) is 0 Å². The molecule has 0 aromatic heterocycles. The molecule has 100 valence electrons. The molecule has 0 spiro atoms. The second-order valence-electron chi connectivity index (χ2n) is 6.34. The largest absolute Gasteiger partial charge is 0.316 e. The van der Waals surface area contributed by atoms with Crippen LogP contribution < -0.4 is 5.32 Å². The summed E-state index contributed by atoms with van der Waals surface area (Å²) >= 11 is 0. The molecule has 2 aliphatic carbocycles. The van der Waals surface area contributed by atoms with Gasteiger partial charge in [-0.1, -0.05) is 32.6 Å². The Hall–Kier alpha value is -0.0800. The normalized spacial score (nSPS) is 24.9. The van der Waals surface area contributed by atoms with Crippen molar-refractivity contribution in [2.24, 2.45) is 5.41 Å². The van der Waals surface area contributed by atoms with Gasteiger partial charge in [0.2, 0.25) is 0 Å². The molecule has 2 rings (SSSR count). The fourth-order valence-corrected chi connectivity index (χ4v) is 3.57. The first kappa shape index (κ1) is 13.4. The van der Waals surface area contributed by atoms with Crippen molar-refractivity contribution in [3.05, 3.63) is 0 Å². The summed E-state index contributed by atoms with van der Waals surface area (Å²) in [4.78, 5) is 2.66. The summed E-state index contributed by atoms with van der Waals surface area (Å²) < 4.78 is 0. The maximum atomic E-state index is 3.61. The van der Waals surface area contributed by atoms with E-state index in [-0.39, 0.29) is 0 Å². The van der Waals surface area contributed by atoms with E-state index in [0.29, 0.717) is 5.41 Å². The van der Waals surface area contributed by atoms with Crippen LogP contribution >= 0.6 is 0 Å². The number of rotatable bonds is 6. The van der Waals surface area contributed by atoms with E-state index in [4.69, 9.17) is 0 Å². The number of hydrogen-bond acceptors (Lipinski definition) is 2. The third kappa shape index (κ3) is 3.45.